The maximum atomic E-state index is 4.63. The van der Waals surface area contributed by atoms with Crippen molar-refractivity contribution in [2.45, 2.75) is 33.2 Å². The van der Waals surface area contributed by atoms with Crippen LogP contribution in [0.15, 0.2) is 60.8 Å². The molecule has 5 heteroatoms. The van der Waals surface area contributed by atoms with Gasteiger partial charge in [-0.15, -0.1) is 5.10 Å². The standard InChI is InChI=1S/C21H25N5/c1-4-26(15-17-8-6-5-7-9-17)20-14-22-25-21(24-20)23-19-12-10-18(11-13-19)16(2)3/h5-14,16H,4,15H2,1-3H3,(H,23,24,25). The van der Waals surface area contributed by atoms with Crippen molar-refractivity contribution >= 4 is 17.5 Å². The van der Waals surface area contributed by atoms with Crippen molar-refractivity contribution in [1.29, 1.82) is 0 Å². The molecule has 1 heterocycles. The van der Waals surface area contributed by atoms with Gasteiger partial charge in [-0.2, -0.15) is 10.1 Å². The minimum absolute atomic E-state index is 0.506. The van der Waals surface area contributed by atoms with Crippen molar-refractivity contribution in [2.24, 2.45) is 0 Å². The second-order valence-corrected chi connectivity index (χ2v) is 6.54. The van der Waals surface area contributed by atoms with E-state index in [1.807, 2.05) is 18.2 Å². The molecule has 0 atom stereocenters. The lowest BCUT2D eigenvalue weighted by Gasteiger charge is -2.21. The average molecular weight is 347 g/mol. The summed E-state index contributed by atoms with van der Waals surface area (Å²) in [6.07, 6.45) is 1.71. The third-order valence-electron chi connectivity index (χ3n) is 4.30. The van der Waals surface area contributed by atoms with E-state index in [1.54, 1.807) is 6.20 Å². The summed E-state index contributed by atoms with van der Waals surface area (Å²) in [6, 6.07) is 18.7. The smallest absolute Gasteiger partial charge is 0.249 e. The van der Waals surface area contributed by atoms with Gasteiger partial charge in [0.05, 0.1) is 6.20 Å². The molecule has 0 bridgehead atoms. The van der Waals surface area contributed by atoms with Crippen molar-refractivity contribution in [3.05, 3.63) is 71.9 Å². The zero-order valence-corrected chi connectivity index (χ0v) is 15.6. The highest BCUT2D eigenvalue weighted by Crippen LogP contribution is 2.20. The highest BCUT2D eigenvalue weighted by molar-refractivity contribution is 5.55. The lowest BCUT2D eigenvalue weighted by Crippen LogP contribution is -2.23. The Labute approximate surface area is 155 Å². The summed E-state index contributed by atoms with van der Waals surface area (Å²) in [5.74, 6) is 1.83. The van der Waals surface area contributed by atoms with Crippen LogP contribution in [0.4, 0.5) is 17.5 Å². The van der Waals surface area contributed by atoms with Crippen LogP contribution in [0.25, 0.3) is 0 Å². The van der Waals surface area contributed by atoms with E-state index in [9.17, 15) is 0 Å². The van der Waals surface area contributed by atoms with Crippen molar-refractivity contribution in [3.63, 3.8) is 0 Å². The molecule has 2 aromatic carbocycles. The molecule has 3 rings (SSSR count). The van der Waals surface area contributed by atoms with Gasteiger partial charge in [-0.3, -0.25) is 0 Å². The number of nitrogens with one attached hydrogen (secondary N) is 1. The average Bonchev–Trinajstić information content (AvgIpc) is 2.67. The summed E-state index contributed by atoms with van der Waals surface area (Å²) >= 11 is 0. The molecule has 0 aliphatic rings. The van der Waals surface area contributed by atoms with Gasteiger partial charge in [-0.25, -0.2) is 0 Å². The van der Waals surface area contributed by atoms with Gasteiger partial charge in [0.15, 0.2) is 5.82 Å². The number of nitrogens with zero attached hydrogens (tertiary/aromatic N) is 4. The molecule has 0 saturated carbocycles. The Morgan fingerprint density at radius 2 is 1.73 bits per heavy atom. The highest BCUT2D eigenvalue weighted by Gasteiger charge is 2.09. The Balaban J connectivity index is 1.74. The molecule has 1 N–H and O–H groups in total. The van der Waals surface area contributed by atoms with E-state index in [4.69, 9.17) is 0 Å². The predicted molar refractivity (Wildman–Crippen MR) is 107 cm³/mol. The molecule has 5 nitrogen and oxygen atoms in total. The second-order valence-electron chi connectivity index (χ2n) is 6.54. The third kappa shape index (κ3) is 4.57. The van der Waals surface area contributed by atoms with Gasteiger partial charge in [0.1, 0.15) is 0 Å². The van der Waals surface area contributed by atoms with Crippen LogP contribution in [0.2, 0.25) is 0 Å². The molecule has 0 radical (unpaired) electrons. The lowest BCUT2D eigenvalue weighted by molar-refractivity contribution is 0.798. The van der Waals surface area contributed by atoms with Crippen molar-refractivity contribution in [3.8, 4) is 0 Å². The molecule has 0 fully saturated rings. The van der Waals surface area contributed by atoms with Crippen LogP contribution in [0.3, 0.4) is 0 Å². The molecule has 3 aromatic rings. The zero-order chi connectivity index (χ0) is 18.4. The number of hydrogen-bond donors (Lipinski definition) is 1. The fourth-order valence-electron chi connectivity index (χ4n) is 2.74. The largest absolute Gasteiger partial charge is 0.351 e. The minimum Gasteiger partial charge on any atom is -0.351 e. The van der Waals surface area contributed by atoms with Crippen LogP contribution in [-0.2, 0) is 6.54 Å². The summed E-state index contributed by atoms with van der Waals surface area (Å²) in [5, 5.41) is 11.5. The van der Waals surface area contributed by atoms with Crippen LogP contribution >= 0.6 is 0 Å². The van der Waals surface area contributed by atoms with Crippen molar-refractivity contribution in [2.75, 3.05) is 16.8 Å². The Hall–Kier alpha value is -2.95. The Morgan fingerprint density at radius 1 is 1.00 bits per heavy atom. The molecular formula is C21H25N5. The summed E-state index contributed by atoms with van der Waals surface area (Å²) in [5.41, 5.74) is 3.51. The number of benzene rings is 2. The third-order valence-corrected chi connectivity index (χ3v) is 4.30. The number of hydrogen-bond acceptors (Lipinski definition) is 5. The SMILES string of the molecule is CCN(Cc1ccccc1)c1cnnc(Nc2ccc(C(C)C)cc2)n1. The molecule has 0 unspecified atom stereocenters. The Bertz CT molecular complexity index is 815. The summed E-state index contributed by atoms with van der Waals surface area (Å²) in [4.78, 5) is 6.81. The lowest BCUT2D eigenvalue weighted by atomic mass is 10.0. The van der Waals surface area contributed by atoms with Gasteiger partial charge < -0.3 is 10.2 Å². The summed E-state index contributed by atoms with van der Waals surface area (Å²) in [7, 11) is 0. The number of rotatable bonds is 7. The normalized spacial score (nSPS) is 10.8. The fourth-order valence-corrected chi connectivity index (χ4v) is 2.74. The van der Waals surface area contributed by atoms with Crippen molar-refractivity contribution < 1.29 is 0 Å². The Morgan fingerprint density at radius 3 is 2.38 bits per heavy atom. The molecule has 0 amide bonds. The quantitative estimate of drug-likeness (QED) is 0.667. The van der Waals surface area contributed by atoms with E-state index < -0.39 is 0 Å². The van der Waals surface area contributed by atoms with Crippen LogP contribution in [-0.4, -0.2) is 21.7 Å². The maximum absolute atomic E-state index is 4.63. The molecule has 1 aromatic heterocycles. The molecule has 26 heavy (non-hydrogen) atoms. The van der Waals surface area contributed by atoms with Crippen LogP contribution in [0, 0.1) is 0 Å². The van der Waals surface area contributed by atoms with Crippen molar-refractivity contribution in [1.82, 2.24) is 15.2 Å². The molecule has 0 aliphatic heterocycles. The monoisotopic (exact) mass is 347 g/mol. The van der Waals surface area contributed by atoms with E-state index in [0.717, 1.165) is 24.6 Å². The summed E-state index contributed by atoms with van der Waals surface area (Å²) in [6.45, 7) is 8.12. The first-order valence-corrected chi connectivity index (χ1v) is 9.01. The summed E-state index contributed by atoms with van der Waals surface area (Å²) < 4.78 is 0. The van der Waals surface area contributed by atoms with E-state index in [1.165, 1.54) is 11.1 Å². The molecule has 0 spiro atoms. The Kier molecular flexibility index (Phi) is 5.79. The molecule has 0 aliphatic carbocycles. The van der Waals surface area contributed by atoms with Gasteiger partial charge in [0.2, 0.25) is 5.95 Å². The fraction of sp³-hybridized carbons (Fsp3) is 0.286. The van der Waals surface area contributed by atoms with Gasteiger partial charge in [0, 0.05) is 18.8 Å². The first-order valence-electron chi connectivity index (χ1n) is 9.01. The topological polar surface area (TPSA) is 53.9 Å². The molecular weight excluding hydrogens is 322 g/mol. The predicted octanol–water partition coefficient (Wildman–Crippen LogP) is 4.77. The molecule has 134 valence electrons. The number of aromatic nitrogens is 3. The first-order chi connectivity index (χ1) is 12.7. The highest BCUT2D eigenvalue weighted by atomic mass is 15.3. The second kappa shape index (κ2) is 8.43. The van der Waals surface area contributed by atoms with Crippen LogP contribution in [0.1, 0.15) is 37.8 Å². The van der Waals surface area contributed by atoms with E-state index in [2.05, 4.69) is 82.6 Å². The minimum atomic E-state index is 0.506. The van der Waals surface area contributed by atoms with E-state index >= 15 is 0 Å². The van der Waals surface area contributed by atoms with Gasteiger partial charge in [0.25, 0.3) is 0 Å². The zero-order valence-electron chi connectivity index (χ0n) is 15.6. The van der Waals surface area contributed by atoms with Gasteiger partial charge >= 0.3 is 0 Å². The first kappa shape index (κ1) is 17.9. The molecule has 0 saturated heterocycles. The maximum Gasteiger partial charge on any atom is 0.249 e. The van der Waals surface area contributed by atoms with E-state index in [-0.39, 0.29) is 0 Å². The van der Waals surface area contributed by atoms with Crippen LogP contribution < -0.4 is 10.2 Å². The van der Waals surface area contributed by atoms with Gasteiger partial charge in [-0.1, -0.05) is 56.3 Å². The van der Waals surface area contributed by atoms with E-state index in [0.29, 0.717) is 11.9 Å². The van der Waals surface area contributed by atoms with Gasteiger partial charge in [-0.05, 0) is 36.1 Å². The van der Waals surface area contributed by atoms with Crippen LogP contribution in [0.5, 0.6) is 0 Å². The number of anilines is 3.